The molecule has 0 amide bonds. The first kappa shape index (κ1) is 11.0. The molecule has 0 saturated carbocycles. The Kier molecular flexibility index (Phi) is 3.66. The van der Waals surface area contributed by atoms with Crippen molar-refractivity contribution in [2.45, 2.75) is 38.6 Å². The highest BCUT2D eigenvalue weighted by Gasteiger charge is 2.15. The Balaban J connectivity index is 2.19. The highest BCUT2D eigenvalue weighted by Crippen LogP contribution is 2.26. The Bertz CT molecular complexity index is 327. The van der Waals surface area contributed by atoms with Crippen LogP contribution in [0.5, 0.6) is 0 Å². The van der Waals surface area contributed by atoms with Crippen LogP contribution < -0.4 is 5.32 Å². The summed E-state index contributed by atoms with van der Waals surface area (Å²) in [6, 6.07) is 6.75. The van der Waals surface area contributed by atoms with E-state index in [2.05, 4.69) is 24.4 Å². The van der Waals surface area contributed by atoms with Crippen LogP contribution in [0.25, 0.3) is 0 Å². The molecular formula is C13H18ClN. The van der Waals surface area contributed by atoms with Crippen LogP contribution >= 0.6 is 11.6 Å². The van der Waals surface area contributed by atoms with Gasteiger partial charge in [0.05, 0.1) is 0 Å². The maximum absolute atomic E-state index is 5.97. The number of nitrogens with one attached hydrogen (secondary N) is 1. The minimum atomic E-state index is 0.532. The summed E-state index contributed by atoms with van der Waals surface area (Å²) in [5.74, 6) is 0. The van der Waals surface area contributed by atoms with E-state index in [9.17, 15) is 0 Å². The van der Waals surface area contributed by atoms with Gasteiger partial charge in [0.2, 0.25) is 0 Å². The van der Waals surface area contributed by atoms with Gasteiger partial charge in [-0.25, -0.2) is 0 Å². The predicted octanol–water partition coefficient (Wildman–Crippen LogP) is 3.85. The van der Waals surface area contributed by atoms with E-state index in [1.165, 1.54) is 36.8 Å². The second-order valence-electron chi connectivity index (χ2n) is 4.36. The fourth-order valence-corrected chi connectivity index (χ4v) is 2.55. The number of benzene rings is 1. The van der Waals surface area contributed by atoms with E-state index in [0.717, 1.165) is 11.6 Å². The molecule has 0 radical (unpaired) electrons. The molecule has 2 rings (SSSR count). The average molecular weight is 224 g/mol. The van der Waals surface area contributed by atoms with Crippen molar-refractivity contribution in [1.29, 1.82) is 0 Å². The predicted molar refractivity (Wildman–Crippen MR) is 65.4 cm³/mol. The lowest BCUT2D eigenvalue weighted by molar-refractivity contribution is 0.532. The zero-order valence-corrected chi connectivity index (χ0v) is 9.98. The fourth-order valence-electron chi connectivity index (χ4n) is 2.32. The van der Waals surface area contributed by atoms with E-state index in [1.807, 2.05) is 6.07 Å². The van der Waals surface area contributed by atoms with Crippen molar-refractivity contribution in [2.24, 2.45) is 0 Å². The van der Waals surface area contributed by atoms with Crippen molar-refractivity contribution in [3.8, 4) is 0 Å². The van der Waals surface area contributed by atoms with Crippen molar-refractivity contribution in [3.05, 3.63) is 34.3 Å². The Labute approximate surface area is 96.8 Å². The molecule has 15 heavy (non-hydrogen) atoms. The lowest BCUT2D eigenvalue weighted by Gasteiger charge is -2.18. The number of halogens is 1. The molecule has 1 aliphatic rings. The third kappa shape index (κ3) is 2.73. The van der Waals surface area contributed by atoms with Gasteiger partial charge < -0.3 is 5.32 Å². The van der Waals surface area contributed by atoms with Crippen molar-refractivity contribution in [2.75, 3.05) is 6.54 Å². The van der Waals surface area contributed by atoms with Gasteiger partial charge in [-0.2, -0.15) is 0 Å². The number of aryl methyl sites for hydroxylation is 1. The summed E-state index contributed by atoms with van der Waals surface area (Å²) in [7, 11) is 0. The molecule has 0 aliphatic carbocycles. The lowest BCUT2D eigenvalue weighted by atomic mass is 9.98. The maximum atomic E-state index is 5.97. The molecule has 1 aromatic rings. The number of hydrogen-bond donors (Lipinski definition) is 1. The summed E-state index contributed by atoms with van der Waals surface area (Å²) < 4.78 is 0. The molecular weight excluding hydrogens is 206 g/mol. The molecule has 1 aliphatic heterocycles. The smallest absolute Gasteiger partial charge is 0.0408 e. The Morgan fingerprint density at radius 2 is 2.13 bits per heavy atom. The second kappa shape index (κ2) is 5.00. The molecule has 82 valence electrons. The van der Waals surface area contributed by atoms with Gasteiger partial charge in [-0.05, 0) is 49.6 Å². The van der Waals surface area contributed by atoms with Crippen molar-refractivity contribution >= 4 is 11.6 Å². The third-order valence-corrected chi connectivity index (χ3v) is 3.40. The molecule has 1 N–H and O–H groups in total. The number of rotatable bonds is 1. The normalized spacial score (nSPS) is 22.4. The molecule has 1 nitrogen and oxygen atoms in total. The van der Waals surface area contributed by atoms with Gasteiger partial charge in [-0.3, -0.25) is 0 Å². The van der Waals surface area contributed by atoms with Gasteiger partial charge in [-0.1, -0.05) is 30.5 Å². The molecule has 1 saturated heterocycles. The van der Waals surface area contributed by atoms with Crippen LogP contribution in [0.3, 0.4) is 0 Å². The zero-order valence-electron chi connectivity index (χ0n) is 9.22. The van der Waals surface area contributed by atoms with E-state index < -0.39 is 0 Å². The monoisotopic (exact) mass is 223 g/mol. The summed E-state index contributed by atoms with van der Waals surface area (Å²) in [6.45, 7) is 3.29. The average Bonchev–Trinajstić information content (AvgIpc) is 2.46. The topological polar surface area (TPSA) is 12.0 Å². The first-order valence-electron chi connectivity index (χ1n) is 5.77. The quantitative estimate of drug-likeness (QED) is 0.763. The van der Waals surface area contributed by atoms with Gasteiger partial charge in [0.25, 0.3) is 0 Å². The first-order chi connectivity index (χ1) is 7.27. The van der Waals surface area contributed by atoms with Crippen LogP contribution in [-0.4, -0.2) is 6.54 Å². The summed E-state index contributed by atoms with van der Waals surface area (Å²) >= 11 is 5.97. The molecule has 2 heteroatoms. The van der Waals surface area contributed by atoms with Crippen LogP contribution in [0.15, 0.2) is 18.2 Å². The highest BCUT2D eigenvalue weighted by atomic mass is 35.5. The van der Waals surface area contributed by atoms with E-state index in [1.54, 1.807) is 0 Å². The largest absolute Gasteiger partial charge is 0.310 e. The van der Waals surface area contributed by atoms with Gasteiger partial charge in [0.15, 0.2) is 0 Å². The Morgan fingerprint density at radius 3 is 2.93 bits per heavy atom. The summed E-state index contributed by atoms with van der Waals surface area (Å²) in [5, 5.41) is 4.45. The Morgan fingerprint density at radius 1 is 1.27 bits per heavy atom. The molecule has 1 atom stereocenters. The Hall–Kier alpha value is -0.530. The maximum Gasteiger partial charge on any atom is 0.0408 e. The molecule has 0 spiro atoms. The lowest BCUT2D eigenvalue weighted by Crippen LogP contribution is -2.20. The van der Waals surface area contributed by atoms with E-state index >= 15 is 0 Å². The van der Waals surface area contributed by atoms with Gasteiger partial charge in [0, 0.05) is 11.1 Å². The minimum Gasteiger partial charge on any atom is -0.310 e. The molecule has 1 unspecified atom stereocenters. The summed E-state index contributed by atoms with van der Waals surface area (Å²) in [4.78, 5) is 0. The SMILES string of the molecule is Cc1cc(Cl)ccc1C1CCCCCN1. The second-order valence-corrected chi connectivity index (χ2v) is 4.79. The minimum absolute atomic E-state index is 0.532. The van der Waals surface area contributed by atoms with Gasteiger partial charge in [0.1, 0.15) is 0 Å². The van der Waals surface area contributed by atoms with Crippen LogP contribution in [-0.2, 0) is 0 Å². The van der Waals surface area contributed by atoms with E-state index in [0.29, 0.717) is 6.04 Å². The van der Waals surface area contributed by atoms with Crippen molar-refractivity contribution in [3.63, 3.8) is 0 Å². The molecule has 0 bridgehead atoms. The summed E-state index contributed by atoms with van der Waals surface area (Å²) in [5.41, 5.74) is 2.73. The van der Waals surface area contributed by atoms with E-state index in [4.69, 9.17) is 11.6 Å². The fraction of sp³-hybridized carbons (Fsp3) is 0.538. The van der Waals surface area contributed by atoms with Crippen molar-refractivity contribution in [1.82, 2.24) is 5.32 Å². The van der Waals surface area contributed by atoms with E-state index in [-0.39, 0.29) is 0 Å². The number of hydrogen-bond acceptors (Lipinski definition) is 1. The molecule has 1 fully saturated rings. The highest BCUT2D eigenvalue weighted by molar-refractivity contribution is 6.30. The molecule has 0 aromatic heterocycles. The summed E-state index contributed by atoms with van der Waals surface area (Å²) in [6.07, 6.45) is 5.25. The molecule has 1 aromatic carbocycles. The van der Waals surface area contributed by atoms with Crippen molar-refractivity contribution < 1.29 is 0 Å². The van der Waals surface area contributed by atoms with Crippen LogP contribution in [0.2, 0.25) is 5.02 Å². The van der Waals surface area contributed by atoms with Crippen LogP contribution in [0.4, 0.5) is 0 Å². The van der Waals surface area contributed by atoms with Crippen LogP contribution in [0, 0.1) is 6.92 Å². The third-order valence-electron chi connectivity index (χ3n) is 3.17. The van der Waals surface area contributed by atoms with Gasteiger partial charge >= 0.3 is 0 Å². The first-order valence-corrected chi connectivity index (χ1v) is 6.14. The molecule has 1 heterocycles. The van der Waals surface area contributed by atoms with Gasteiger partial charge in [-0.15, -0.1) is 0 Å². The van der Waals surface area contributed by atoms with Crippen LogP contribution in [0.1, 0.15) is 42.9 Å². The zero-order chi connectivity index (χ0) is 10.7. The standard InChI is InChI=1S/C13H18ClN/c1-10-9-11(14)6-7-12(10)13-5-3-2-4-8-15-13/h6-7,9,13,15H,2-5,8H2,1H3.